The van der Waals surface area contributed by atoms with Crippen molar-refractivity contribution in [3.8, 4) is 0 Å². The van der Waals surface area contributed by atoms with Gasteiger partial charge in [-0.25, -0.2) is 4.79 Å². The summed E-state index contributed by atoms with van der Waals surface area (Å²) in [6.07, 6.45) is 2.17. The molecule has 1 fully saturated rings. The van der Waals surface area contributed by atoms with Crippen LogP contribution in [0.4, 0.5) is 5.69 Å². The average molecular weight is 336 g/mol. The molecular formula is C16H20N2O4S. The van der Waals surface area contributed by atoms with Crippen molar-refractivity contribution >= 4 is 23.4 Å². The lowest BCUT2D eigenvalue weighted by Gasteiger charge is -2.21. The second kappa shape index (κ2) is 8.01. The van der Waals surface area contributed by atoms with Gasteiger partial charge in [0.2, 0.25) is 0 Å². The molecule has 1 aromatic rings. The van der Waals surface area contributed by atoms with Crippen molar-refractivity contribution in [2.75, 3.05) is 19.7 Å². The summed E-state index contributed by atoms with van der Waals surface area (Å²) >= 11 is 1.11. The molecule has 0 aliphatic carbocycles. The van der Waals surface area contributed by atoms with Gasteiger partial charge < -0.3 is 9.64 Å². The molecule has 0 saturated carbocycles. The van der Waals surface area contributed by atoms with E-state index in [0.717, 1.165) is 43.4 Å². The number of ether oxygens (including phenoxy) is 1. The SMILES string of the molecule is CCOC(=O)C(Sc1ccccc1[N+](=O)[O-])=C(C)N1CCCC1. The maximum absolute atomic E-state index is 12.3. The Hall–Kier alpha value is -2.02. The number of likely N-dealkylation sites (tertiary alicyclic amines) is 1. The third-order valence-corrected chi connectivity index (χ3v) is 4.88. The molecule has 23 heavy (non-hydrogen) atoms. The molecule has 6 nitrogen and oxygen atoms in total. The van der Waals surface area contributed by atoms with Crippen LogP contribution in [0, 0.1) is 10.1 Å². The minimum Gasteiger partial charge on any atom is -0.462 e. The van der Waals surface area contributed by atoms with E-state index in [4.69, 9.17) is 4.74 Å². The molecule has 0 N–H and O–H groups in total. The molecule has 0 aromatic heterocycles. The van der Waals surface area contributed by atoms with Crippen LogP contribution >= 0.6 is 11.8 Å². The van der Waals surface area contributed by atoms with Gasteiger partial charge in [-0.05, 0) is 32.8 Å². The van der Waals surface area contributed by atoms with Crippen molar-refractivity contribution in [2.24, 2.45) is 0 Å². The standard InChI is InChI=1S/C16H20N2O4S/c1-3-22-16(19)15(12(2)17-10-6-7-11-17)23-14-9-5-4-8-13(14)18(20)21/h4-5,8-9H,3,6-7,10-11H2,1-2H3. The van der Waals surface area contributed by atoms with Crippen LogP contribution in [0.5, 0.6) is 0 Å². The Bertz CT molecular complexity index is 624. The lowest BCUT2D eigenvalue weighted by atomic mass is 10.3. The van der Waals surface area contributed by atoms with Crippen LogP contribution in [0.3, 0.4) is 0 Å². The van der Waals surface area contributed by atoms with Crippen LogP contribution in [0.1, 0.15) is 26.7 Å². The summed E-state index contributed by atoms with van der Waals surface area (Å²) < 4.78 is 5.14. The summed E-state index contributed by atoms with van der Waals surface area (Å²) in [5, 5.41) is 11.2. The number of nitrogens with zero attached hydrogens (tertiary/aromatic N) is 2. The molecule has 0 atom stereocenters. The van der Waals surface area contributed by atoms with Gasteiger partial charge in [-0.2, -0.15) is 0 Å². The number of hydrogen-bond donors (Lipinski definition) is 0. The highest BCUT2D eigenvalue weighted by Gasteiger charge is 2.24. The lowest BCUT2D eigenvalue weighted by Crippen LogP contribution is -2.21. The maximum atomic E-state index is 12.3. The summed E-state index contributed by atoms with van der Waals surface area (Å²) in [4.78, 5) is 26.1. The number of benzene rings is 1. The Morgan fingerprint density at radius 1 is 1.35 bits per heavy atom. The lowest BCUT2D eigenvalue weighted by molar-refractivity contribution is -0.387. The van der Waals surface area contributed by atoms with Crippen LogP contribution in [-0.4, -0.2) is 35.5 Å². The first-order valence-electron chi connectivity index (χ1n) is 7.58. The van der Waals surface area contributed by atoms with E-state index in [0.29, 0.717) is 9.80 Å². The number of carbonyl (C=O) groups excluding carboxylic acids is 1. The van der Waals surface area contributed by atoms with Crippen LogP contribution in [-0.2, 0) is 9.53 Å². The van der Waals surface area contributed by atoms with E-state index < -0.39 is 10.9 Å². The van der Waals surface area contributed by atoms with Crippen LogP contribution in [0.15, 0.2) is 39.8 Å². The Morgan fingerprint density at radius 3 is 2.61 bits per heavy atom. The van der Waals surface area contributed by atoms with Crippen molar-refractivity contribution in [3.05, 3.63) is 45.0 Å². The van der Waals surface area contributed by atoms with Gasteiger partial charge in [0.25, 0.3) is 5.69 Å². The fourth-order valence-corrected chi connectivity index (χ4v) is 3.49. The summed E-state index contributed by atoms with van der Waals surface area (Å²) in [6.45, 7) is 5.68. The molecule has 0 bridgehead atoms. The van der Waals surface area contributed by atoms with Gasteiger partial charge in [0.05, 0.1) is 16.4 Å². The normalized spacial score (nSPS) is 15.3. The monoisotopic (exact) mass is 336 g/mol. The van der Waals surface area contributed by atoms with Crippen molar-refractivity contribution in [3.63, 3.8) is 0 Å². The largest absolute Gasteiger partial charge is 0.462 e. The molecule has 1 aromatic carbocycles. The zero-order chi connectivity index (χ0) is 16.8. The molecule has 0 spiro atoms. The topological polar surface area (TPSA) is 72.7 Å². The van der Waals surface area contributed by atoms with E-state index in [1.165, 1.54) is 6.07 Å². The fraction of sp³-hybridized carbons (Fsp3) is 0.438. The highest BCUT2D eigenvalue weighted by molar-refractivity contribution is 8.04. The molecule has 1 aliphatic rings. The second-order valence-electron chi connectivity index (χ2n) is 5.16. The van der Waals surface area contributed by atoms with Gasteiger partial charge in [-0.15, -0.1) is 0 Å². The predicted octanol–water partition coefficient (Wildman–Crippen LogP) is 3.58. The number of para-hydroxylation sites is 1. The summed E-state index contributed by atoms with van der Waals surface area (Å²) in [5.74, 6) is -0.431. The van der Waals surface area contributed by atoms with E-state index in [-0.39, 0.29) is 12.3 Å². The van der Waals surface area contributed by atoms with E-state index in [2.05, 4.69) is 4.90 Å². The zero-order valence-electron chi connectivity index (χ0n) is 13.3. The molecule has 0 amide bonds. The smallest absolute Gasteiger partial charge is 0.346 e. The summed E-state index contributed by atoms with van der Waals surface area (Å²) in [6, 6.07) is 6.43. The third-order valence-electron chi connectivity index (χ3n) is 3.64. The number of thioether (sulfide) groups is 1. The van der Waals surface area contributed by atoms with E-state index in [1.807, 2.05) is 6.92 Å². The van der Waals surface area contributed by atoms with Gasteiger partial charge in [-0.3, -0.25) is 10.1 Å². The number of allylic oxidation sites excluding steroid dienone is 1. The van der Waals surface area contributed by atoms with Crippen molar-refractivity contribution in [1.29, 1.82) is 0 Å². The first kappa shape index (κ1) is 17.3. The number of hydrogen-bond acceptors (Lipinski definition) is 6. The van der Waals surface area contributed by atoms with Crippen molar-refractivity contribution < 1.29 is 14.5 Å². The minimum atomic E-state index is -0.434. The quantitative estimate of drug-likeness (QED) is 0.260. The number of nitro benzene ring substituents is 1. The van der Waals surface area contributed by atoms with Crippen LogP contribution < -0.4 is 0 Å². The molecule has 7 heteroatoms. The van der Waals surface area contributed by atoms with Gasteiger partial charge in [-0.1, -0.05) is 23.9 Å². The van der Waals surface area contributed by atoms with Crippen LogP contribution in [0.25, 0.3) is 0 Å². The van der Waals surface area contributed by atoms with Gasteiger partial charge in [0, 0.05) is 24.9 Å². The van der Waals surface area contributed by atoms with Crippen molar-refractivity contribution in [2.45, 2.75) is 31.6 Å². The van der Waals surface area contributed by atoms with Crippen LogP contribution in [0.2, 0.25) is 0 Å². The summed E-state index contributed by atoms with van der Waals surface area (Å²) in [7, 11) is 0. The molecule has 2 rings (SSSR count). The fourth-order valence-electron chi connectivity index (χ4n) is 2.46. The minimum absolute atomic E-state index is 0.00600. The number of nitro groups is 1. The highest BCUT2D eigenvalue weighted by atomic mass is 32.2. The molecule has 1 heterocycles. The summed E-state index contributed by atoms with van der Waals surface area (Å²) in [5.41, 5.74) is 0.817. The zero-order valence-corrected chi connectivity index (χ0v) is 14.1. The molecule has 124 valence electrons. The van der Waals surface area contributed by atoms with E-state index in [9.17, 15) is 14.9 Å². The number of rotatable bonds is 6. The van der Waals surface area contributed by atoms with Gasteiger partial charge in [0.15, 0.2) is 0 Å². The average Bonchev–Trinajstić information content (AvgIpc) is 3.06. The third kappa shape index (κ3) is 4.25. The first-order valence-corrected chi connectivity index (χ1v) is 8.40. The van der Waals surface area contributed by atoms with Crippen molar-refractivity contribution in [1.82, 2.24) is 4.90 Å². The molecule has 0 radical (unpaired) electrons. The number of carbonyl (C=O) groups is 1. The Morgan fingerprint density at radius 2 is 2.00 bits per heavy atom. The van der Waals surface area contributed by atoms with E-state index >= 15 is 0 Å². The first-order chi connectivity index (χ1) is 11.0. The van der Waals surface area contributed by atoms with Gasteiger partial charge >= 0.3 is 5.97 Å². The second-order valence-corrected chi connectivity index (χ2v) is 6.21. The predicted molar refractivity (Wildman–Crippen MR) is 89.1 cm³/mol. The number of esters is 1. The molecular weight excluding hydrogens is 316 g/mol. The van der Waals surface area contributed by atoms with Gasteiger partial charge in [0.1, 0.15) is 4.91 Å². The molecule has 0 unspecified atom stereocenters. The van der Waals surface area contributed by atoms with E-state index in [1.54, 1.807) is 25.1 Å². The Kier molecular flexibility index (Phi) is 6.04. The molecule has 1 saturated heterocycles. The Labute approximate surface area is 139 Å². The maximum Gasteiger partial charge on any atom is 0.346 e. The highest BCUT2D eigenvalue weighted by Crippen LogP contribution is 2.37. The molecule has 1 aliphatic heterocycles. The Balaban J connectivity index is 2.37.